The smallest absolute Gasteiger partial charge is 0.260 e. The number of anilines is 2. The van der Waals surface area contributed by atoms with Crippen LogP contribution in [0.3, 0.4) is 0 Å². The van der Waals surface area contributed by atoms with Crippen LogP contribution < -0.4 is 15.4 Å². The first-order chi connectivity index (χ1) is 11.8. The molecule has 0 atom stereocenters. The van der Waals surface area contributed by atoms with Crippen molar-refractivity contribution >= 4 is 17.4 Å². The van der Waals surface area contributed by atoms with Gasteiger partial charge in [-0.25, -0.2) is 4.98 Å². The van der Waals surface area contributed by atoms with Gasteiger partial charge < -0.3 is 15.4 Å². The molecule has 1 aliphatic rings. The number of methoxy groups -OCH3 is 1. The topological polar surface area (TPSA) is 63.2 Å². The summed E-state index contributed by atoms with van der Waals surface area (Å²) in [4.78, 5) is 16.7. The van der Waals surface area contributed by atoms with E-state index >= 15 is 0 Å². The number of hydrogen-bond donors (Lipinski definition) is 2. The molecular formula is C19H23N3O2. The van der Waals surface area contributed by atoms with Gasteiger partial charge in [-0.2, -0.15) is 0 Å². The molecule has 1 fully saturated rings. The molecule has 5 heteroatoms. The minimum absolute atomic E-state index is 0.229. The Bertz CT molecular complexity index is 679. The molecule has 126 valence electrons. The van der Waals surface area contributed by atoms with Crippen LogP contribution in [0.1, 0.15) is 42.5 Å². The van der Waals surface area contributed by atoms with Gasteiger partial charge in [-0.05, 0) is 37.1 Å². The number of amides is 1. The van der Waals surface area contributed by atoms with Gasteiger partial charge in [0.15, 0.2) is 0 Å². The molecule has 1 aromatic heterocycles. The molecule has 0 spiro atoms. The maximum Gasteiger partial charge on any atom is 0.260 e. The molecule has 0 aliphatic heterocycles. The second-order valence-electron chi connectivity index (χ2n) is 6.07. The first-order valence-corrected chi connectivity index (χ1v) is 8.43. The Labute approximate surface area is 142 Å². The molecule has 0 radical (unpaired) electrons. The summed E-state index contributed by atoms with van der Waals surface area (Å²) in [7, 11) is 1.55. The van der Waals surface area contributed by atoms with Gasteiger partial charge >= 0.3 is 0 Å². The highest BCUT2D eigenvalue weighted by Crippen LogP contribution is 2.22. The normalized spacial score (nSPS) is 14.9. The molecular weight excluding hydrogens is 302 g/mol. The average Bonchev–Trinajstić information content (AvgIpc) is 2.64. The number of pyridine rings is 1. The number of hydrogen-bond acceptors (Lipinski definition) is 4. The van der Waals surface area contributed by atoms with Gasteiger partial charge in [0.2, 0.25) is 0 Å². The van der Waals surface area contributed by atoms with Gasteiger partial charge in [0, 0.05) is 6.04 Å². The Morgan fingerprint density at radius 3 is 2.62 bits per heavy atom. The van der Waals surface area contributed by atoms with Crippen molar-refractivity contribution < 1.29 is 9.53 Å². The first-order valence-electron chi connectivity index (χ1n) is 8.43. The van der Waals surface area contributed by atoms with E-state index in [0.29, 0.717) is 23.2 Å². The number of aromatic nitrogens is 1. The predicted octanol–water partition coefficient (Wildman–Crippen LogP) is 4.09. The van der Waals surface area contributed by atoms with E-state index in [4.69, 9.17) is 4.74 Å². The molecule has 1 amide bonds. The van der Waals surface area contributed by atoms with Crippen molar-refractivity contribution in [3.8, 4) is 5.75 Å². The first kappa shape index (κ1) is 16.3. The average molecular weight is 325 g/mol. The molecule has 1 aliphatic carbocycles. The third kappa shape index (κ3) is 4.04. The fourth-order valence-electron chi connectivity index (χ4n) is 3.05. The number of nitrogens with zero attached hydrogens (tertiary/aromatic N) is 1. The molecule has 0 bridgehead atoms. The maximum atomic E-state index is 12.3. The largest absolute Gasteiger partial charge is 0.496 e. The Hall–Kier alpha value is -2.56. The standard InChI is InChI=1S/C19H23N3O2/c1-24-17-10-6-5-9-16(17)19(23)22-18-12-11-15(13-20-18)21-14-7-3-2-4-8-14/h5-6,9-14,21H,2-4,7-8H2,1H3,(H,20,22,23). The summed E-state index contributed by atoms with van der Waals surface area (Å²) in [6, 6.07) is 11.4. The SMILES string of the molecule is COc1ccccc1C(=O)Nc1ccc(NC2CCCCC2)cn1. The van der Waals surface area contributed by atoms with Gasteiger partial charge in [0.1, 0.15) is 11.6 Å². The van der Waals surface area contributed by atoms with Gasteiger partial charge in [0.05, 0.1) is 24.6 Å². The fourth-order valence-corrected chi connectivity index (χ4v) is 3.05. The van der Waals surface area contributed by atoms with E-state index < -0.39 is 0 Å². The summed E-state index contributed by atoms with van der Waals surface area (Å²) in [6.07, 6.45) is 8.12. The minimum atomic E-state index is -0.229. The van der Waals surface area contributed by atoms with Crippen LogP contribution in [0, 0.1) is 0 Å². The molecule has 0 saturated heterocycles. The highest BCUT2D eigenvalue weighted by atomic mass is 16.5. The number of benzene rings is 1. The number of para-hydroxylation sites is 1. The van der Waals surface area contributed by atoms with Crippen LogP contribution in [0.5, 0.6) is 5.75 Å². The molecule has 1 heterocycles. The Morgan fingerprint density at radius 2 is 1.92 bits per heavy atom. The summed E-state index contributed by atoms with van der Waals surface area (Å²) in [6.45, 7) is 0. The van der Waals surface area contributed by atoms with Crippen molar-refractivity contribution in [2.75, 3.05) is 17.7 Å². The summed E-state index contributed by atoms with van der Waals surface area (Å²) < 4.78 is 5.22. The third-order valence-electron chi connectivity index (χ3n) is 4.33. The summed E-state index contributed by atoms with van der Waals surface area (Å²) in [5.74, 6) is 0.846. The fraction of sp³-hybridized carbons (Fsp3) is 0.368. The van der Waals surface area contributed by atoms with Crippen molar-refractivity contribution in [3.63, 3.8) is 0 Å². The van der Waals surface area contributed by atoms with Crippen LogP contribution >= 0.6 is 0 Å². The monoisotopic (exact) mass is 325 g/mol. The van der Waals surface area contributed by atoms with E-state index in [9.17, 15) is 4.79 Å². The van der Waals surface area contributed by atoms with Crippen LogP contribution in [0.15, 0.2) is 42.6 Å². The molecule has 3 rings (SSSR count). The lowest BCUT2D eigenvalue weighted by Crippen LogP contribution is -2.22. The highest BCUT2D eigenvalue weighted by Gasteiger charge is 2.14. The minimum Gasteiger partial charge on any atom is -0.496 e. The molecule has 1 saturated carbocycles. The number of rotatable bonds is 5. The van der Waals surface area contributed by atoms with Gasteiger partial charge in [-0.3, -0.25) is 4.79 Å². The highest BCUT2D eigenvalue weighted by molar-refractivity contribution is 6.05. The van der Waals surface area contributed by atoms with Gasteiger partial charge in [-0.15, -0.1) is 0 Å². The number of nitrogens with one attached hydrogen (secondary N) is 2. The number of carbonyl (C=O) groups excluding carboxylic acids is 1. The van der Waals surface area contributed by atoms with E-state index in [1.165, 1.54) is 32.1 Å². The maximum absolute atomic E-state index is 12.3. The van der Waals surface area contributed by atoms with Crippen molar-refractivity contribution in [2.24, 2.45) is 0 Å². The molecule has 5 nitrogen and oxygen atoms in total. The van der Waals surface area contributed by atoms with E-state index in [-0.39, 0.29) is 5.91 Å². The van der Waals surface area contributed by atoms with Crippen LogP contribution in [-0.4, -0.2) is 24.0 Å². The van der Waals surface area contributed by atoms with Crippen molar-refractivity contribution in [3.05, 3.63) is 48.2 Å². The van der Waals surface area contributed by atoms with Crippen molar-refractivity contribution in [1.29, 1.82) is 0 Å². The Kier molecular flexibility index (Phi) is 5.31. The zero-order valence-electron chi connectivity index (χ0n) is 13.9. The molecule has 24 heavy (non-hydrogen) atoms. The zero-order chi connectivity index (χ0) is 16.8. The number of ether oxygens (including phenoxy) is 1. The lowest BCUT2D eigenvalue weighted by Gasteiger charge is -2.23. The molecule has 2 aromatic rings. The molecule has 0 unspecified atom stereocenters. The van der Waals surface area contributed by atoms with Gasteiger partial charge in [-0.1, -0.05) is 31.4 Å². The summed E-state index contributed by atoms with van der Waals surface area (Å²) in [5, 5.41) is 6.32. The second kappa shape index (κ2) is 7.81. The van der Waals surface area contributed by atoms with E-state index in [1.807, 2.05) is 24.3 Å². The van der Waals surface area contributed by atoms with Gasteiger partial charge in [0.25, 0.3) is 5.91 Å². The van der Waals surface area contributed by atoms with Crippen LogP contribution in [0.4, 0.5) is 11.5 Å². The van der Waals surface area contributed by atoms with Crippen molar-refractivity contribution in [1.82, 2.24) is 4.98 Å². The van der Waals surface area contributed by atoms with Crippen LogP contribution in [0.25, 0.3) is 0 Å². The summed E-state index contributed by atoms with van der Waals surface area (Å²) >= 11 is 0. The third-order valence-corrected chi connectivity index (χ3v) is 4.33. The summed E-state index contributed by atoms with van der Waals surface area (Å²) in [5.41, 5.74) is 1.49. The van der Waals surface area contributed by atoms with Crippen LogP contribution in [0.2, 0.25) is 0 Å². The predicted molar refractivity (Wildman–Crippen MR) is 95.7 cm³/mol. The van der Waals surface area contributed by atoms with E-state index in [2.05, 4.69) is 15.6 Å². The van der Waals surface area contributed by atoms with Crippen molar-refractivity contribution in [2.45, 2.75) is 38.1 Å². The zero-order valence-corrected chi connectivity index (χ0v) is 13.9. The number of carbonyl (C=O) groups is 1. The molecule has 1 aromatic carbocycles. The Balaban J connectivity index is 1.62. The molecule has 2 N–H and O–H groups in total. The lowest BCUT2D eigenvalue weighted by molar-refractivity contribution is 0.102. The second-order valence-corrected chi connectivity index (χ2v) is 6.07. The van der Waals surface area contributed by atoms with E-state index in [1.54, 1.807) is 25.4 Å². The lowest BCUT2D eigenvalue weighted by atomic mass is 9.95. The Morgan fingerprint density at radius 1 is 1.12 bits per heavy atom. The quantitative estimate of drug-likeness (QED) is 0.869. The van der Waals surface area contributed by atoms with Crippen LogP contribution in [-0.2, 0) is 0 Å². The van der Waals surface area contributed by atoms with E-state index in [0.717, 1.165) is 5.69 Å².